The summed E-state index contributed by atoms with van der Waals surface area (Å²) >= 11 is 7.34. The largest absolute Gasteiger partial charge is 0.507 e. The number of phenolic OH excluding ortho intramolecular Hbond substituents is 1. The normalized spacial score (nSPS) is 11.3. The molecule has 2 N–H and O–H groups in total. The fraction of sp³-hybridized carbons (Fsp3) is 0.0714. The van der Waals surface area contributed by atoms with E-state index in [2.05, 4.69) is 20.7 Å². The molecule has 5 aromatic rings. The Morgan fingerprint density at radius 2 is 1.78 bits per heavy atom. The molecule has 184 valence electrons. The van der Waals surface area contributed by atoms with Crippen LogP contribution in [0.3, 0.4) is 0 Å². The molecule has 4 aromatic carbocycles. The summed E-state index contributed by atoms with van der Waals surface area (Å²) in [6, 6.07) is 26.5. The van der Waals surface area contributed by atoms with E-state index in [1.54, 1.807) is 18.2 Å². The first-order valence-corrected chi connectivity index (χ1v) is 12.8. The molecule has 0 aliphatic heterocycles. The number of hydrazone groups is 1. The van der Waals surface area contributed by atoms with Crippen molar-refractivity contribution < 1.29 is 9.90 Å². The molecule has 0 aliphatic carbocycles. The van der Waals surface area contributed by atoms with E-state index in [-0.39, 0.29) is 17.4 Å². The van der Waals surface area contributed by atoms with Gasteiger partial charge in [0.2, 0.25) is 0 Å². The number of carbonyl (C=O) groups excluding carboxylic acids is 1. The molecular formula is C28H22ClN5O2S. The highest BCUT2D eigenvalue weighted by Gasteiger charge is 2.17. The Kier molecular flexibility index (Phi) is 7.20. The van der Waals surface area contributed by atoms with Gasteiger partial charge in [0.25, 0.3) is 5.91 Å². The van der Waals surface area contributed by atoms with Crippen molar-refractivity contribution in [3.63, 3.8) is 0 Å². The molecule has 0 aliphatic rings. The predicted octanol–water partition coefficient (Wildman–Crippen LogP) is 6.00. The zero-order valence-electron chi connectivity index (χ0n) is 19.8. The highest BCUT2D eigenvalue weighted by molar-refractivity contribution is 7.99. The van der Waals surface area contributed by atoms with Crippen molar-refractivity contribution in [1.82, 2.24) is 20.2 Å². The number of aromatic hydroxyl groups is 1. The summed E-state index contributed by atoms with van der Waals surface area (Å²) in [5.74, 6) is 0.502. The quantitative estimate of drug-likeness (QED) is 0.154. The zero-order valence-corrected chi connectivity index (χ0v) is 21.4. The molecule has 0 unspecified atom stereocenters. The first kappa shape index (κ1) is 24.5. The average molecular weight is 528 g/mol. The van der Waals surface area contributed by atoms with Crippen LogP contribution in [-0.2, 0) is 4.79 Å². The second-order valence-corrected chi connectivity index (χ2v) is 9.66. The second-order valence-electron chi connectivity index (χ2n) is 8.29. The van der Waals surface area contributed by atoms with Crippen molar-refractivity contribution in [1.29, 1.82) is 0 Å². The molecule has 1 aromatic heterocycles. The Morgan fingerprint density at radius 1 is 1.03 bits per heavy atom. The van der Waals surface area contributed by atoms with E-state index in [9.17, 15) is 9.90 Å². The molecule has 9 heteroatoms. The first-order valence-electron chi connectivity index (χ1n) is 11.4. The smallest absolute Gasteiger partial charge is 0.250 e. The van der Waals surface area contributed by atoms with E-state index in [1.165, 1.54) is 18.0 Å². The number of rotatable bonds is 7. The van der Waals surface area contributed by atoms with Crippen LogP contribution in [0.1, 0.15) is 11.1 Å². The van der Waals surface area contributed by atoms with Crippen molar-refractivity contribution in [2.24, 2.45) is 5.10 Å². The molecule has 0 fully saturated rings. The van der Waals surface area contributed by atoms with Crippen molar-refractivity contribution >= 4 is 46.3 Å². The molecule has 0 saturated heterocycles. The van der Waals surface area contributed by atoms with Crippen LogP contribution < -0.4 is 5.43 Å². The van der Waals surface area contributed by atoms with E-state index in [4.69, 9.17) is 11.6 Å². The number of aromatic nitrogens is 3. The number of hydrogen-bond acceptors (Lipinski definition) is 6. The number of halogens is 1. The number of nitrogens with zero attached hydrogens (tertiary/aromatic N) is 4. The predicted molar refractivity (Wildman–Crippen MR) is 149 cm³/mol. The summed E-state index contributed by atoms with van der Waals surface area (Å²) in [4.78, 5) is 12.6. The zero-order chi connectivity index (χ0) is 25.8. The maximum Gasteiger partial charge on any atom is 0.250 e. The van der Waals surface area contributed by atoms with E-state index in [0.29, 0.717) is 21.6 Å². The number of aryl methyl sites for hydroxylation is 1. The molecule has 1 heterocycles. The van der Waals surface area contributed by atoms with E-state index >= 15 is 0 Å². The molecule has 37 heavy (non-hydrogen) atoms. The monoisotopic (exact) mass is 527 g/mol. The lowest BCUT2D eigenvalue weighted by atomic mass is 10.0. The molecular weight excluding hydrogens is 506 g/mol. The summed E-state index contributed by atoms with van der Waals surface area (Å²) in [7, 11) is 0. The maximum atomic E-state index is 12.6. The Hall–Kier alpha value is -4.14. The SMILES string of the molecule is Cc1ccc(-c2nnc(SCC(=O)N/N=C\c3c(O)ccc4ccccc34)n2-c2ccc(Cl)cc2)cc1. The van der Waals surface area contributed by atoms with Gasteiger partial charge in [-0.05, 0) is 48.0 Å². The molecule has 7 nitrogen and oxygen atoms in total. The number of thioether (sulfide) groups is 1. The average Bonchev–Trinajstić information content (AvgIpc) is 3.33. The summed E-state index contributed by atoms with van der Waals surface area (Å²) in [5, 5.41) is 26.1. The molecule has 0 spiro atoms. The van der Waals surface area contributed by atoms with E-state index in [1.807, 2.05) is 78.2 Å². The molecule has 0 bridgehead atoms. The Morgan fingerprint density at radius 3 is 2.57 bits per heavy atom. The Labute approximate surface area is 222 Å². The topological polar surface area (TPSA) is 92.4 Å². The molecule has 0 radical (unpaired) electrons. The number of carbonyl (C=O) groups is 1. The first-order chi connectivity index (χ1) is 18.0. The minimum absolute atomic E-state index is 0.0679. The molecule has 0 saturated carbocycles. The van der Waals surface area contributed by atoms with Gasteiger partial charge in [-0.1, -0.05) is 83.5 Å². The third-order valence-corrected chi connectivity index (χ3v) is 6.87. The highest BCUT2D eigenvalue weighted by Crippen LogP contribution is 2.29. The van der Waals surface area contributed by atoms with Gasteiger partial charge in [0, 0.05) is 21.8 Å². The minimum atomic E-state index is -0.316. The highest BCUT2D eigenvalue weighted by atomic mass is 35.5. The van der Waals surface area contributed by atoms with Gasteiger partial charge < -0.3 is 5.11 Å². The number of hydrogen-bond donors (Lipinski definition) is 2. The summed E-state index contributed by atoms with van der Waals surface area (Å²) in [5.41, 5.74) is 5.95. The number of benzene rings is 4. The lowest BCUT2D eigenvalue weighted by molar-refractivity contribution is -0.118. The number of amides is 1. The fourth-order valence-corrected chi connectivity index (χ4v) is 4.70. The van der Waals surface area contributed by atoms with Crippen LogP contribution in [0.4, 0.5) is 0 Å². The fourth-order valence-electron chi connectivity index (χ4n) is 3.83. The minimum Gasteiger partial charge on any atom is -0.507 e. The lowest BCUT2D eigenvalue weighted by Crippen LogP contribution is -2.20. The van der Waals surface area contributed by atoms with E-state index in [0.717, 1.165) is 27.6 Å². The molecule has 1 amide bonds. The standard InChI is InChI=1S/C28H22ClN5O2S/c1-18-6-8-20(9-7-18)27-32-33-28(34(27)22-13-11-21(29)12-14-22)37-17-26(36)31-30-16-24-23-5-3-2-4-19(23)10-15-25(24)35/h2-16,35H,17H2,1H3,(H,31,36)/b30-16-. The van der Waals surface area contributed by atoms with Gasteiger partial charge in [0.15, 0.2) is 11.0 Å². The van der Waals surface area contributed by atoms with Gasteiger partial charge in [-0.2, -0.15) is 5.10 Å². The van der Waals surface area contributed by atoms with Crippen molar-refractivity contribution in [2.45, 2.75) is 12.1 Å². The number of phenols is 1. The van der Waals surface area contributed by atoms with Crippen molar-refractivity contribution in [3.8, 4) is 22.8 Å². The summed E-state index contributed by atoms with van der Waals surface area (Å²) in [6.07, 6.45) is 1.45. The van der Waals surface area contributed by atoms with Gasteiger partial charge in [-0.3, -0.25) is 9.36 Å². The van der Waals surface area contributed by atoms with E-state index < -0.39 is 0 Å². The van der Waals surface area contributed by atoms with Crippen LogP contribution in [0.15, 0.2) is 95.2 Å². The van der Waals surface area contributed by atoms with Crippen LogP contribution in [0.25, 0.3) is 27.8 Å². The van der Waals surface area contributed by atoms with Crippen LogP contribution in [0.2, 0.25) is 5.02 Å². The Bertz CT molecular complexity index is 1600. The second kappa shape index (κ2) is 10.9. The number of nitrogens with one attached hydrogen (secondary N) is 1. The van der Waals surface area contributed by atoms with Crippen LogP contribution in [0.5, 0.6) is 5.75 Å². The maximum absolute atomic E-state index is 12.6. The third kappa shape index (κ3) is 5.50. The van der Waals surface area contributed by atoms with Gasteiger partial charge in [0.05, 0.1) is 12.0 Å². The van der Waals surface area contributed by atoms with Crippen LogP contribution in [-0.4, -0.2) is 37.7 Å². The lowest BCUT2D eigenvalue weighted by Gasteiger charge is -2.10. The summed E-state index contributed by atoms with van der Waals surface area (Å²) < 4.78 is 1.90. The van der Waals surface area contributed by atoms with Gasteiger partial charge in [0.1, 0.15) is 5.75 Å². The molecule has 5 rings (SSSR count). The van der Waals surface area contributed by atoms with Crippen LogP contribution in [0, 0.1) is 6.92 Å². The third-order valence-electron chi connectivity index (χ3n) is 5.69. The van der Waals surface area contributed by atoms with Crippen LogP contribution >= 0.6 is 23.4 Å². The van der Waals surface area contributed by atoms with Gasteiger partial charge in [-0.25, -0.2) is 5.43 Å². The van der Waals surface area contributed by atoms with Gasteiger partial charge in [-0.15, -0.1) is 10.2 Å². The summed E-state index contributed by atoms with van der Waals surface area (Å²) in [6.45, 7) is 2.03. The van der Waals surface area contributed by atoms with Gasteiger partial charge >= 0.3 is 0 Å². The Balaban J connectivity index is 1.34. The molecule has 0 atom stereocenters. The number of fused-ring (bicyclic) bond motifs is 1. The van der Waals surface area contributed by atoms with Crippen molar-refractivity contribution in [2.75, 3.05) is 5.75 Å². The van der Waals surface area contributed by atoms with Crippen molar-refractivity contribution in [3.05, 3.63) is 101 Å².